The van der Waals surface area contributed by atoms with Gasteiger partial charge in [0, 0.05) is 24.6 Å². The predicted octanol–water partition coefficient (Wildman–Crippen LogP) is 1.55. The molecular weight excluding hydrogens is 228 g/mol. The van der Waals surface area contributed by atoms with Crippen molar-refractivity contribution >= 4 is 5.91 Å². The van der Waals surface area contributed by atoms with Gasteiger partial charge in [-0.2, -0.15) is 0 Å². The Morgan fingerprint density at radius 1 is 1.44 bits per heavy atom. The van der Waals surface area contributed by atoms with Gasteiger partial charge in [-0.25, -0.2) is 0 Å². The molecule has 106 valence electrons. The van der Waals surface area contributed by atoms with E-state index in [-0.39, 0.29) is 11.3 Å². The lowest BCUT2D eigenvalue weighted by atomic mass is 9.64. The van der Waals surface area contributed by atoms with E-state index in [1.807, 2.05) is 6.92 Å². The number of carbonyl (C=O) groups excluding carboxylic acids is 1. The molecule has 1 aliphatic rings. The Morgan fingerprint density at radius 3 is 2.61 bits per heavy atom. The molecule has 0 aromatic carbocycles. The average Bonchev–Trinajstić information content (AvgIpc) is 2.26. The van der Waals surface area contributed by atoms with Gasteiger partial charge >= 0.3 is 0 Å². The molecule has 1 fully saturated rings. The monoisotopic (exact) mass is 256 g/mol. The van der Waals surface area contributed by atoms with E-state index in [4.69, 9.17) is 4.74 Å². The topological polar surface area (TPSA) is 50.4 Å². The summed E-state index contributed by atoms with van der Waals surface area (Å²) in [4.78, 5) is 11.4. The van der Waals surface area contributed by atoms with Crippen molar-refractivity contribution in [1.82, 2.24) is 10.6 Å². The van der Waals surface area contributed by atoms with Crippen molar-refractivity contribution in [2.75, 3.05) is 19.7 Å². The van der Waals surface area contributed by atoms with Crippen LogP contribution >= 0.6 is 0 Å². The van der Waals surface area contributed by atoms with E-state index in [1.54, 1.807) is 0 Å². The molecule has 0 heterocycles. The van der Waals surface area contributed by atoms with Gasteiger partial charge < -0.3 is 15.4 Å². The number of hydrogen-bond acceptors (Lipinski definition) is 3. The molecule has 4 nitrogen and oxygen atoms in total. The fourth-order valence-electron chi connectivity index (χ4n) is 2.30. The van der Waals surface area contributed by atoms with Gasteiger partial charge in [-0.05, 0) is 19.3 Å². The first-order chi connectivity index (χ1) is 8.37. The highest BCUT2D eigenvalue weighted by Crippen LogP contribution is 2.42. The zero-order chi connectivity index (χ0) is 13.8. The maximum absolute atomic E-state index is 11.4. The maximum Gasteiger partial charge on any atom is 0.233 e. The van der Waals surface area contributed by atoms with Crippen LogP contribution in [0.4, 0.5) is 0 Å². The van der Waals surface area contributed by atoms with E-state index in [1.165, 1.54) is 0 Å². The van der Waals surface area contributed by atoms with Crippen LogP contribution in [0, 0.1) is 11.3 Å². The van der Waals surface area contributed by atoms with Gasteiger partial charge in [-0.15, -0.1) is 0 Å². The van der Waals surface area contributed by atoms with Crippen molar-refractivity contribution in [2.45, 2.75) is 53.2 Å². The summed E-state index contributed by atoms with van der Waals surface area (Å²) in [6, 6.07) is 0.372. The summed E-state index contributed by atoms with van der Waals surface area (Å²) in [5.41, 5.74) is 0.112. The second-order valence-electron chi connectivity index (χ2n) is 6.16. The molecule has 1 rings (SSSR count). The van der Waals surface area contributed by atoms with Gasteiger partial charge in [0.2, 0.25) is 5.91 Å². The van der Waals surface area contributed by atoms with Crippen molar-refractivity contribution in [3.8, 4) is 0 Å². The highest BCUT2D eigenvalue weighted by Gasteiger charge is 2.48. The Bertz CT molecular complexity index is 277. The minimum atomic E-state index is 0.0693. The minimum absolute atomic E-state index is 0.0693. The Kier molecular flexibility index (Phi) is 5.60. The van der Waals surface area contributed by atoms with Crippen LogP contribution in [0.25, 0.3) is 0 Å². The zero-order valence-electron chi connectivity index (χ0n) is 12.4. The smallest absolute Gasteiger partial charge is 0.233 e. The molecule has 2 unspecified atom stereocenters. The number of rotatable bonds is 7. The summed E-state index contributed by atoms with van der Waals surface area (Å²) < 4.78 is 5.90. The third kappa shape index (κ3) is 3.95. The molecule has 0 aliphatic heterocycles. The summed E-state index contributed by atoms with van der Waals surface area (Å²) >= 11 is 0. The van der Waals surface area contributed by atoms with E-state index in [0.29, 0.717) is 31.2 Å². The molecule has 2 atom stereocenters. The molecule has 2 N–H and O–H groups in total. The van der Waals surface area contributed by atoms with Crippen LogP contribution in [-0.4, -0.2) is 37.7 Å². The van der Waals surface area contributed by atoms with Crippen molar-refractivity contribution in [3.63, 3.8) is 0 Å². The van der Waals surface area contributed by atoms with Gasteiger partial charge in [-0.3, -0.25) is 4.79 Å². The lowest BCUT2D eigenvalue weighted by molar-refractivity contribution is -0.130. The van der Waals surface area contributed by atoms with Crippen LogP contribution in [0.3, 0.4) is 0 Å². The van der Waals surface area contributed by atoms with E-state index < -0.39 is 0 Å². The molecule has 0 aromatic rings. The summed E-state index contributed by atoms with van der Waals surface area (Å²) in [5, 5.41) is 6.11. The second kappa shape index (κ2) is 6.53. The normalized spacial score (nSPS) is 25.9. The Labute approximate surface area is 111 Å². The van der Waals surface area contributed by atoms with Crippen LogP contribution in [0.2, 0.25) is 0 Å². The van der Waals surface area contributed by atoms with E-state index >= 15 is 0 Å². The first kappa shape index (κ1) is 15.4. The standard InChI is InChI=1S/C14H28N2O2/c1-6-15-13(17)8-16-11-7-12(14(11,4)5)18-9-10(2)3/h10-12,16H,6-9H2,1-5H3,(H,15,17). The highest BCUT2D eigenvalue weighted by molar-refractivity contribution is 5.77. The maximum atomic E-state index is 11.4. The van der Waals surface area contributed by atoms with E-state index in [0.717, 1.165) is 13.0 Å². The van der Waals surface area contributed by atoms with Crippen LogP contribution < -0.4 is 10.6 Å². The molecule has 0 radical (unpaired) electrons. The largest absolute Gasteiger partial charge is 0.377 e. The number of ether oxygens (including phenoxy) is 1. The summed E-state index contributed by atoms with van der Waals surface area (Å²) in [7, 11) is 0. The molecule has 0 spiro atoms. The van der Waals surface area contributed by atoms with E-state index in [2.05, 4.69) is 38.3 Å². The number of nitrogens with one attached hydrogen (secondary N) is 2. The molecule has 1 aliphatic carbocycles. The first-order valence-corrected chi connectivity index (χ1v) is 6.99. The molecule has 0 bridgehead atoms. The fourth-order valence-corrected chi connectivity index (χ4v) is 2.30. The van der Waals surface area contributed by atoms with E-state index in [9.17, 15) is 4.79 Å². The fraction of sp³-hybridized carbons (Fsp3) is 0.929. The van der Waals surface area contributed by atoms with Gasteiger partial charge in [0.15, 0.2) is 0 Å². The zero-order valence-corrected chi connectivity index (χ0v) is 12.4. The Hall–Kier alpha value is -0.610. The average molecular weight is 256 g/mol. The number of hydrogen-bond donors (Lipinski definition) is 2. The molecule has 1 amide bonds. The number of likely N-dealkylation sites (N-methyl/N-ethyl adjacent to an activating group) is 1. The SMILES string of the molecule is CCNC(=O)CNC1CC(OCC(C)C)C1(C)C. The van der Waals surface area contributed by atoms with Gasteiger partial charge in [0.05, 0.1) is 12.6 Å². The molecule has 18 heavy (non-hydrogen) atoms. The van der Waals surface area contributed by atoms with Gasteiger partial charge in [0.1, 0.15) is 0 Å². The minimum Gasteiger partial charge on any atom is -0.377 e. The molecule has 4 heteroatoms. The third-order valence-corrected chi connectivity index (χ3v) is 3.69. The first-order valence-electron chi connectivity index (χ1n) is 6.99. The molecule has 0 saturated heterocycles. The quantitative estimate of drug-likeness (QED) is 0.726. The molecule has 1 saturated carbocycles. The Balaban J connectivity index is 2.28. The molecule has 0 aromatic heterocycles. The van der Waals surface area contributed by atoms with Crippen LogP contribution in [0.1, 0.15) is 41.0 Å². The Morgan fingerprint density at radius 2 is 2.11 bits per heavy atom. The highest BCUT2D eigenvalue weighted by atomic mass is 16.5. The summed E-state index contributed by atoms with van der Waals surface area (Å²) in [5.74, 6) is 0.642. The van der Waals surface area contributed by atoms with Crippen LogP contribution in [0.15, 0.2) is 0 Å². The van der Waals surface area contributed by atoms with Crippen LogP contribution in [0.5, 0.6) is 0 Å². The summed E-state index contributed by atoms with van der Waals surface area (Å²) in [6.45, 7) is 12.6. The predicted molar refractivity (Wildman–Crippen MR) is 73.5 cm³/mol. The van der Waals surface area contributed by atoms with Gasteiger partial charge in [0.25, 0.3) is 0 Å². The lowest BCUT2D eigenvalue weighted by Crippen LogP contribution is -2.62. The second-order valence-corrected chi connectivity index (χ2v) is 6.16. The van der Waals surface area contributed by atoms with Crippen molar-refractivity contribution in [1.29, 1.82) is 0 Å². The number of amides is 1. The third-order valence-electron chi connectivity index (χ3n) is 3.69. The van der Waals surface area contributed by atoms with Crippen molar-refractivity contribution < 1.29 is 9.53 Å². The molecular formula is C14H28N2O2. The number of carbonyl (C=O) groups is 1. The van der Waals surface area contributed by atoms with Crippen LogP contribution in [-0.2, 0) is 9.53 Å². The summed E-state index contributed by atoms with van der Waals surface area (Å²) in [6.07, 6.45) is 1.31. The lowest BCUT2D eigenvalue weighted by Gasteiger charge is -2.52. The van der Waals surface area contributed by atoms with Gasteiger partial charge in [-0.1, -0.05) is 27.7 Å². The van der Waals surface area contributed by atoms with Crippen molar-refractivity contribution in [2.24, 2.45) is 11.3 Å². The van der Waals surface area contributed by atoms with Crippen molar-refractivity contribution in [3.05, 3.63) is 0 Å².